The molecule has 5 heteroatoms. The predicted octanol–water partition coefficient (Wildman–Crippen LogP) is 4.51. The highest BCUT2D eigenvalue weighted by atomic mass is 16.5. The highest BCUT2D eigenvalue weighted by Crippen LogP contribution is 2.19. The van der Waals surface area contributed by atoms with Crippen molar-refractivity contribution >= 4 is 11.5 Å². The Hall–Kier alpha value is -2.89. The van der Waals surface area contributed by atoms with E-state index < -0.39 is 6.04 Å². The third-order valence-corrected chi connectivity index (χ3v) is 5.55. The molecule has 0 saturated carbocycles. The molecule has 0 radical (unpaired) electrons. The number of nitrogens with one attached hydrogen (secondary N) is 2. The normalized spacial score (nSPS) is 18.0. The topological polar surface area (TPSA) is 59.6 Å². The molecule has 0 fully saturated rings. The average molecular weight is 435 g/mol. The quantitative estimate of drug-likeness (QED) is 0.678. The molecule has 1 atom stereocenters. The molecule has 1 unspecified atom stereocenters. The SMILES string of the molecule is C=C(NCc1cccc(C)c1)C(=O)C1CCCCOCCOCc2ccccc2C(=C)N1. The number of carbonyl (C=O) groups excluding carboxylic acids is 1. The Morgan fingerprint density at radius 3 is 2.75 bits per heavy atom. The number of hydrogen-bond donors (Lipinski definition) is 2. The summed E-state index contributed by atoms with van der Waals surface area (Å²) < 4.78 is 11.4. The monoisotopic (exact) mass is 434 g/mol. The number of fused-ring (bicyclic) bond motifs is 1. The zero-order valence-corrected chi connectivity index (χ0v) is 19.0. The summed E-state index contributed by atoms with van der Waals surface area (Å²) in [4.78, 5) is 13.3. The van der Waals surface area contributed by atoms with Gasteiger partial charge in [-0.25, -0.2) is 0 Å². The minimum Gasteiger partial charge on any atom is -0.379 e. The van der Waals surface area contributed by atoms with Crippen LogP contribution in [0.4, 0.5) is 0 Å². The van der Waals surface area contributed by atoms with Crippen LogP contribution >= 0.6 is 0 Å². The van der Waals surface area contributed by atoms with Gasteiger partial charge in [-0.1, -0.05) is 67.3 Å². The summed E-state index contributed by atoms with van der Waals surface area (Å²) in [5.74, 6) is -0.0412. The van der Waals surface area contributed by atoms with Gasteiger partial charge in [-0.3, -0.25) is 4.79 Å². The van der Waals surface area contributed by atoms with E-state index in [1.54, 1.807) is 0 Å². The summed E-state index contributed by atoms with van der Waals surface area (Å²) in [5, 5.41) is 6.58. The van der Waals surface area contributed by atoms with E-state index in [0.717, 1.165) is 35.2 Å². The lowest BCUT2D eigenvalue weighted by molar-refractivity contribution is -0.117. The zero-order valence-electron chi connectivity index (χ0n) is 19.0. The van der Waals surface area contributed by atoms with Crippen LogP contribution in [0.2, 0.25) is 0 Å². The maximum atomic E-state index is 13.3. The Morgan fingerprint density at radius 2 is 1.91 bits per heavy atom. The highest BCUT2D eigenvalue weighted by Gasteiger charge is 2.22. The van der Waals surface area contributed by atoms with Gasteiger partial charge in [0.15, 0.2) is 5.78 Å². The second-order valence-corrected chi connectivity index (χ2v) is 8.18. The van der Waals surface area contributed by atoms with Crippen molar-refractivity contribution in [3.63, 3.8) is 0 Å². The van der Waals surface area contributed by atoms with Gasteiger partial charge in [0, 0.05) is 24.4 Å². The van der Waals surface area contributed by atoms with E-state index in [9.17, 15) is 4.79 Å². The summed E-state index contributed by atoms with van der Waals surface area (Å²) >= 11 is 0. The van der Waals surface area contributed by atoms with Gasteiger partial charge < -0.3 is 20.1 Å². The van der Waals surface area contributed by atoms with Gasteiger partial charge in [-0.2, -0.15) is 0 Å². The lowest BCUT2D eigenvalue weighted by Gasteiger charge is -2.23. The van der Waals surface area contributed by atoms with Crippen LogP contribution in [0.3, 0.4) is 0 Å². The molecule has 0 saturated heterocycles. The molecule has 0 amide bonds. The van der Waals surface area contributed by atoms with Crippen molar-refractivity contribution < 1.29 is 14.3 Å². The number of carbonyl (C=O) groups is 1. The molecule has 2 N–H and O–H groups in total. The van der Waals surface area contributed by atoms with Crippen LogP contribution in [-0.2, 0) is 27.4 Å². The first-order valence-corrected chi connectivity index (χ1v) is 11.3. The Morgan fingerprint density at radius 1 is 1.09 bits per heavy atom. The number of ether oxygens (including phenoxy) is 2. The predicted molar refractivity (Wildman–Crippen MR) is 129 cm³/mol. The first-order valence-electron chi connectivity index (χ1n) is 11.3. The second-order valence-electron chi connectivity index (χ2n) is 8.18. The Balaban J connectivity index is 1.70. The van der Waals surface area contributed by atoms with Crippen molar-refractivity contribution in [2.24, 2.45) is 0 Å². The van der Waals surface area contributed by atoms with Crippen LogP contribution < -0.4 is 10.6 Å². The number of ketones is 1. The molecule has 3 rings (SSSR count). The fraction of sp³-hybridized carbons (Fsp3) is 0.370. The van der Waals surface area contributed by atoms with E-state index >= 15 is 0 Å². The maximum Gasteiger partial charge on any atom is 0.200 e. The molecule has 0 aromatic heterocycles. The van der Waals surface area contributed by atoms with Gasteiger partial charge in [0.1, 0.15) is 0 Å². The van der Waals surface area contributed by atoms with Crippen LogP contribution in [0.1, 0.15) is 41.5 Å². The van der Waals surface area contributed by atoms with Crippen molar-refractivity contribution in [3.05, 3.63) is 89.6 Å². The van der Waals surface area contributed by atoms with E-state index in [1.165, 1.54) is 5.56 Å². The van der Waals surface area contributed by atoms with Crippen LogP contribution in [0.25, 0.3) is 5.70 Å². The number of rotatable bonds is 5. The molecule has 170 valence electrons. The molecule has 1 aliphatic rings. The van der Waals surface area contributed by atoms with Crippen LogP contribution in [0.15, 0.2) is 67.4 Å². The Bertz CT molecular complexity index is 938. The molecule has 2 aromatic carbocycles. The van der Waals surface area contributed by atoms with Gasteiger partial charge in [0.25, 0.3) is 0 Å². The van der Waals surface area contributed by atoms with Crippen molar-refractivity contribution in [3.8, 4) is 0 Å². The van der Waals surface area contributed by atoms with Crippen LogP contribution in [0, 0.1) is 6.92 Å². The van der Waals surface area contributed by atoms with Gasteiger partial charge in [-0.05, 0) is 37.3 Å². The first-order chi connectivity index (χ1) is 15.5. The summed E-state index contributed by atoms with van der Waals surface area (Å²) in [5.41, 5.74) is 5.43. The van der Waals surface area contributed by atoms with Crippen LogP contribution in [-0.4, -0.2) is 31.6 Å². The lowest BCUT2D eigenvalue weighted by Crippen LogP contribution is -2.39. The average Bonchev–Trinajstić information content (AvgIpc) is 2.80. The molecule has 0 aliphatic carbocycles. The van der Waals surface area contributed by atoms with Gasteiger partial charge in [0.05, 0.1) is 31.6 Å². The standard InChI is InChI=1S/C27H34N2O3/c1-20-9-8-10-23(17-20)18-28-22(3)27(30)26-13-6-7-14-31-15-16-32-19-24-11-4-5-12-25(24)21(2)29-26/h4-5,8-12,17,26,28-29H,2-3,6-7,13-16,18-19H2,1H3. The van der Waals surface area contributed by atoms with E-state index in [2.05, 4.69) is 42.8 Å². The fourth-order valence-corrected chi connectivity index (χ4v) is 3.78. The fourth-order valence-electron chi connectivity index (χ4n) is 3.78. The molecule has 2 aromatic rings. The van der Waals surface area contributed by atoms with Crippen LogP contribution in [0.5, 0.6) is 0 Å². The Labute approximate surface area is 191 Å². The van der Waals surface area contributed by atoms with E-state index in [-0.39, 0.29) is 5.78 Å². The third-order valence-electron chi connectivity index (χ3n) is 5.55. The molecule has 0 spiro atoms. The molecular formula is C27H34N2O3. The van der Waals surface area contributed by atoms with Crippen molar-refractivity contribution in [2.75, 3.05) is 19.8 Å². The number of hydrogen-bond acceptors (Lipinski definition) is 5. The van der Waals surface area contributed by atoms with Crippen molar-refractivity contribution in [2.45, 2.75) is 45.4 Å². The first kappa shape index (κ1) is 23.8. The third kappa shape index (κ3) is 7.08. The second kappa shape index (κ2) is 12.2. The number of benzene rings is 2. The smallest absolute Gasteiger partial charge is 0.200 e. The molecule has 0 bridgehead atoms. The van der Waals surface area contributed by atoms with Gasteiger partial charge in [0.2, 0.25) is 0 Å². The largest absolute Gasteiger partial charge is 0.379 e. The minimum absolute atomic E-state index is 0.0412. The number of Topliss-reactive ketones (excluding diaryl/α,β-unsaturated/α-hetero) is 1. The zero-order chi connectivity index (χ0) is 22.8. The maximum absolute atomic E-state index is 13.3. The summed E-state index contributed by atoms with van der Waals surface area (Å²) in [6.45, 7) is 13.1. The molecule has 1 heterocycles. The molecular weight excluding hydrogens is 400 g/mol. The lowest BCUT2D eigenvalue weighted by atomic mass is 10.00. The number of aryl methyl sites for hydroxylation is 1. The van der Waals surface area contributed by atoms with Crippen molar-refractivity contribution in [1.82, 2.24) is 10.6 Å². The highest BCUT2D eigenvalue weighted by molar-refractivity contribution is 5.99. The summed E-state index contributed by atoms with van der Waals surface area (Å²) in [7, 11) is 0. The summed E-state index contributed by atoms with van der Waals surface area (Å²) in [6, 6.07) is 15.8. The van der Waals surface area contributed by atoms with Crippen molar-refractivity contribution in [1.29, 1.82) is 0 Å². The van der Waals surface area contributed by atoms with Gasteiger partial charge in [-0.15, -0.1) is 0 Å². The summed E-state index contributed by atoms with van der Waals surface area (Å²) in [6.07, 6.45) is 2.44. The van der Waals surface area contributed by atoms with Gasteiger partial charge >= 0.3 is 0 Å². The molecule has 32 heavy (non-hydrogen) atoms. The van der Waals surface area contributed by atoms with E-state index in [4.69, 9.17) is 9.47 Å². The molecule has 5 nitrogen and oxygen atoms in total. The van der Waals surface area contributed by atoms with E-state index in [0.29, 0.717) is 45.1 Å². The minimum atomic E-state index is -0.406. The Kier molecular flexibility index (Phi) is 9.08. The van der Waals surface area contributed by atoms with E-state index in [1.807, 2.05) is 36.4 Å². The molecule has 1 aliphatic heterocycles.